The first-order valence-corrected chi connectivity index (χ1v) is 43.6. The van der Waals surface area contributed by atoms with E-state index in [1.165, 1.54) is 78.1 Å². The van der Waals surface area contributed by atoms with E-state index >= 15 is 0 Å². The van der Waals surface area contributed by atoms with Gasteiger partial charge in [0.15, 0.2) is 0 Å². The molecule has 10 saturated carbocycles. The highest BCUT2D eigenvalue weighted by molar-refractivity contribution is 5.01. The summed E-state index contributed by atoms with van der Waals surface area (Å²) in [5.41, 5.74) is 0. The van der Waals surface area contributed by atoms with Gasteiger partial charge in [0.1, 0.15) is 18.5 Å². The second kappa shape index (κ2) is 45.5. The summed E-state index contributed by atoms with van der Waals surface area (Å²) in [6, 6.07) is 0. The van der Waals surface area contributed by atoms with Crippen LogP contribution in [0.4, 0.5) is 101 Å². The summed E-state index contributed by atoms with van der Waals surface area (Å²) in [5.74, 6) is -10.5. The van der Waals surface area contributed by atoms with Gasteiger partial charge in [0.25, 0.3) is 0 Å². The minimum atomic E-state index is -5.34. The van der Waals surface area contributed by atoms with Crippen molar-refractivity contribution in [1.29, 1.82) is 0 Å². The summed E-state index contributed by atoms with van der Waals surface area (Å²) in [6.45, 7) is 55.5. The lowest BCUT2D eigenvalue weighted by Crippen LogP contribution is -2.57. The van der Waals surface area contributed by atoms with Crippen LogP contribution in [-0.2, 0) is 0 Å². The lowest BCUT2D eigenvalue weighted by atomic mass is 9.57. The van der Waals surface area contributed by atoms with Crippen LogP contribution in [0.15, 0.2) is 0 Å². The Balaban J connectivity index is 0.000000638. The topological polar surface area (TPSA) is 0 Å². The molecule has 113 heavy (non-hydrogen) atoms. The highest BCUT2D eigenvalue weighted by atomic mass is 19.4. The Bertz CT molecular complexity index is 2400. The number of hydrogen-bond acceptors (Lipinski definition) is 0. The highest BCUT2D eigenvalue weighted by Gasteiger charge is 2.68. The van der Waals surface area contributed by atoms with Crippen molar-refractivity contribution in [3.63, 3.8) is 0 Å². The third-order valence-electron chi connectivity index (χ3n) is 30.7. The van der Waals surface area contributed by atoms with Gasteiger partial charge in [-0.2, -0.15) is 79.0 Å². The van der Waals surface area contributed by atoms with Gasteiger partial charge in [-0.15, -0.1) is 0 Å². The van der Waals surface area contributed by atoms with Crippen LogP contribution in [0.25, 0.3) is 0 Å². The summed E-state index contributed by atoms with van der Waals surface area (Å²) in [4.78, 5) is 0. The smallest absolute Gasteiger partial charge is 0.247 e. The molecule has 10 aliphatic rings. The zero-order valence-electron chi connectivity index (χ0n) is 74.4. The third kappa shape index (κ3) is 34.3. The molecule has 0 saturated heterocycles. The van der Waals surface area contributed by atoms with Crippen LogP contribution >= 0.6 is 0 Å². The predicted octanol–water partition coefficient (Wildman–Crippen LogP) is 33.4. The first kappa shape index (κ1) is 109. The van der Waals surface area contributed by atoms with Crippen molar-refractivity contribution < 1.29 is 101 Å². The van der Waals surface area contributed by atoms with Crippen LogP contribution in [0.5, 0.6) is 0 Å². The molecule has 678 valence electrons. The first-order valence-electron chi connectivity index (χ1n) is 43.6. The van der Waals surface area contributed by atoms with Crippen LogP contribution in [-0.4, -0.2) is 61.5 Å². The molecule has 10 aliphatic carbocycles. The van der Waals surface area contributed by atoms with Crippen molar-refractivity contribution in [2.24, 2.45) is 207 Å². The van der Waals surface area contributed by atoms with E-state index in [-0.39, 0.29) is 48.3 Å². The molecule has 0 radical (unpaired) electrons. The zero-order chi connectivity index (χ0) is 88.8. The van der Waals surface area contributed by atoms with Crippen molar-refractivity contribution >= 4 is 0 Å². The van der Waals surface area contributed by atoms with Gasteiger partial charge in [0.05, 0.1) is 35.5 Å². The summed E-state index contributed by atoms with van der Waals surface area (Å²) in [5, 5.41) is 0. The highest BCUT2D eigenvalue weighted by Crippen LogP contribution is 2.61. The molecule has 0 heterocycles. The second-order valence-corrected chi connectivity index (χ2v) is 40.5. The van der Waals surface area contributed by atoms with Crippen molar-refractivity contribution in [3.05, 3.63) is 0 Å². The normalized spacial score (nSPS) is 44.5. The Morgan fingerprint density at radius 2 is 0.425 bits per heavy atom. The van der Waals surface area contributed by atoms with Crippen LogP contribution in [0.1, 0.15) is 304 Å². The maximum atomic E-state index is 13.0. The van der Waals surface area contributed by atoms with Crippen molar-refractivity contribution in [2.45, 2.75) is 365 Å². The van der Waals surface area contributed by atoms with E-state index in [1.807, 2.05) is 34.6 Å². The SMILES string of the molecule is CC1C(C(F)(F)F)C(C(F)(F)F)[C@@H](C)[C@@H](C)C1C(F)(F)F.CC1C(C(F)(F)F)[C@@H](C)[C@@H](C)C1C(F)(F)F.CC1C(F)[C@@H](C)[C@@H](C)C1F.CC1CC[C@@H](C)[C@@H](C)C1.CC1CC[C@@H](C)[C@@H](C)C1.CC1C[C@@H](C)[C@@H](C)C1.CC1C[C@@H](C)[C@@H](C)C1.CC1C[C@H](C)[C@H](C)CC1C(F)(F)F.CC1C[C@H](C)[C@H](C)CC1F.C[C@@H]1CC(F)(F)C[C@@H]1C. The summed E-state index contributed by atoms with van der Waals surface area (Å²) < 4.78 is 294. The molecule has 0 aromatic rings. The van der Waals surface area contributed by atoms with Crippen molar-refractivity contribution in [3.8, 4) is 0 Å². The molecule has 0 N–H and O–H groups in total. The molecule has 0 aromatic carbocycles. The lowest BCUT2D eigenvalue weighted by molar-refractivity contribution is -0.321. The van der Waals surface area contributed by atoms with E-state index in [2.05, 4.69) is 96.9 Å². The molecule has 10 rings (SSSR count). The average Bonchev–Trinajstić information content (AvgIpc) is 1.54. The molecule has 0 bridgehead atoms. The minimum absolute atomic E-state index is 0.0914. The Morgan fingerprint density at radius 1 is 0.195 bits per heavy atom. The lowest BCUT2D eigenvalue weighted by Gasteiger charge is -2.50. The summed E-state index contributed by atoms with van der Waals surface area (Å²) in [6.07, 6.45) is -13.3. The molecule has 0 nitrogen and oxygen atoms in total. The Hall–Kier alpha value is -1.61. The maximum absolute atomic E-state index is 13.0. The quantitative estimate of drug-likeness (QED) is 0.212. The van der Waals surface area contributed by atoms with Crippen molar-refractivity contribution in [1.82, 2.24) is 0 Å². The van der Waals surface area contributed by atoms with Crippen LogP contribution in [0, 0.1) is 207 Å². The Labute approximate surface area is 670 Å². The van der Waals surface area contributed by atoms with Gasteiger partial charge in [-0.25, -0.2) is 22.0 Å². The Morgan fingerprint density at radius 3 is 0.637 bits per heavy atom. The van der Waals surface area contributed by atoms with Gasteiger partial charge in [-0.1, -0.05) is 226 Å². The van der Waals surface area contributed by atoms with Crippen molar-refractivity contribution in [2.75, 3.05) is 0 Å². The minimum Gasteiger partial charge on any atom is -0.247 e. The summed E-state index contributed by atoms with van der Waals surface area (Å²) >= 11 is 0. The molecule has 10 fully saturated rings. The molecule has 18 unspecified atom stereocenters. The molecule has 23 heteroatoms. The van der Waals surface area contributed by atoms with E-state index in [4.69, 9.17) is 0 Å². The van der Waals surface area contributed by atoms with E-state index in [1.54, 1.807) is 27.7 Å². The Kier molecular flexibility index (Phi) is 44.0. The number of alkyl halides is 23. The standard InChI is InChI=1S/C12H15F9.C10H14F6.C10H17F3.C9H17F.2C9H18.C8H14F2.2C8H16.C7H12F2/c1-4-5(2)8(11(16,17)18)9(12(19,20)21)6(3)7(4)10(13,14)15;1-4-5(2)8(10(14,15)16)6(3)7(4)9(11,12)13;1-6-4-8(3)9(5-7(6)2)10(11,12)13;1-6-4-8(3)9(10)5-7(6)2;2*1-7-4-5-8(2)9(3)6-7;1-4-5(2)8(10)6(3)7(4)9;2*1-6-4-7(2)8(3)5-6;1-5-3-7(8,9)4-6(5)2/h4-9H,1-3H3;4-8H,1-3H3;6-9H,4-5H2,1-3H3;6-9H,4-5H2,1-3H3;2*7-9H,4-6H2,1-3H3;4-8H,1-3H3;2*6-8H,4-5H2,1-3H3;5-6H,3-4H2,1-2H3/t4-,5+,6?,7?,8?,9?;4-,5+,6?,7?,8?;2*6-,7+,8?,9?;2*7?,8-,9+;4-,5+,6?,7?,8?;2*6?,7-,8+;5-,6+/m1.0011..../s1. The van der Waals surface area contributed by atoms with E-state index in [0.29, 0.717) is 37.5 Å². The van der Waals surface area contributed by atoms with Gasteiger partial charge >= 0.3 is 37.1 Å². The fraction of sp³-hybridized carbons (Fsp3) is 1.00. The average molecular weight is 1680 g/mol. The van der Waals surface area contributed by atoms with E-state index in [9.17, 15) is 101 Å². The van der Waals surface area contributed by atoms with Crippen LogP contribution in [0.3, 0.4) is 0 Å². The molecule has 0 aliphatic heterocycles. The van der Waals surface area contributed by atoms with Crippen LogP contribution in [0.2, 0.25) is 0 Å². The third-order valence-corrected chi connectivity index (χ3v) is 30.7. The number of hydrogen-bond donors (Lipinski definition) is 0. The molecular formula is C90H157F23. The molecule has 0 aromatic heterocycles. The van der Waals surface area contributed by atoms with Gasteiger partial charge in [0.2, 0.25) is 5.92 Å². The molecular weight excluding hydrogens is 1520 g/mol. The monoisotopic (exact) mass is 1680 g/mol. The van der Waals surface area contributed by atoms with Crippen LogP contribution < -0.4 is 0 Å². The number of rotatable bonds is 0. The predicted molar refractivity (Wildman–Crippen MR) is 417 cm³/mol. The molecule has 0 spiro atoms. The fourth-order valence-electron chi connectivity index (χ4n) is 21.2. The largest absolute Gasteiger partial charge is 0.392 e. The fourth-order valence-corrected chi connectivity index (χ4v) is 21.2. The molecule has 0 amide bonds. The molecule has 38 atom stereocenters. The zero-order valence-corrected chi connectivity index (χ0v) is 74.4. The van der Waals surface area contributed by atoms with Gasteiger partial charge in [0, 0.05) is 18.8 Å². The van der Waals surface area contributed by atoms with Gasteiger partial charge < -0.3 is 0 Å². The summed E-state index contributed by atoms with van der Waals surface area (Å²) in [7, 11) is 0. The van der Waals surface area contributed by atoms with E-state index in [0.717, 1.165) is 111 Å². The van der Waals surface area contributed by atoms with Gasteiger partial charge in [-0.05, 0) is 230 Å². The van der Waals surface area contributed by atoms with Gasteiger partial charge in [-0.3, -0.25) is 0 Å². The first-order chi connectivity index (χ1) is 50.9. The van der Waals surface area contributed by atoms with E-state index < -0.39 is 138 Å². The number of halogens is 23. The second-order valence-electron chi connectivity index (χ2n) is 40.5. The maximum Gasteiger partial charge on any atom is 0.392 e.